The van der Waals surface area contributed by atoms with E-state index in [9.17, 15) is 0 Å². The van der Waals surface area contributed by atoms with Gasteiger partial charge in [0.15, 0.2) is 5.82 Å². The second kappa shape index (κ2) is 5.34. The molecule has 2 aromatic carbocycles. The van der Waals surface area contributed by atoms with Crippen molar-refractivity contribution in [1.82, 2.24) is 20.2 Å². The van der Waals surface area contributed by atoms with E-state index in [1.165, 1.54) is 0 Å². The minimum absolute atomic E-state index is 0.621. The van der Waals surface area contributed by atoms with E-state index in [4.69, 9.17) is 5.73 Å². The molecule has 0 aliphatic carbocycles. The van der Waals surface area contributed by atoms with E-state index >= 15 is 0 Å². The summed E-state index contributed by atoms with van der Waals surface area (Å²) in [5.41, 5.74) is 8.26. The Bertz CT molecular complexity index is 769. The van der Waals surface area contributed by atoms with Gasteiger partial charge in [0.2, 0.25) is 0 Å². The summed E-state index contributed by atoms with van der Waals surface area (Å²) in [4.78, 5) is 0. The Morgan fingerprint density at radius 2 is 1.80 bits per heavy atom. The van der Waals surface area contributed by atoms with Gasteiger partial charge in [-0.15, -0.1) is 5.10 Å². The van der Waals surface area contributed by atoms with Crippen LogP contribution in [0.25, 0.3) is 17.1 Å². The van der Waals surface area contributed by atoms with Gasteiger partial charge in [0.25, 0.3) is 0 Å². The van der Waals surface area contributed by atoms with Gasteiger partial charge in [-0.2, -0.15) is 4.68 Å². The number of benzene rings is 2. The lowest BCUT2D eigenvalue weighted by Gasteiger charge is -2.09. The van der Waals surface area contributed by atoms with Gasteiger partial charge in [-0.1, -0.05) is 18.2 Å². The molecule has 0 radical (unpaired) electrons. The number of rotatable bonds is 2. The molecule has 100 valence electrons. The summed E-state index contributed by atoms with van der Waals surface area (Å²) in [6.45, 7) is 0. The lowest BCUT2D eigenvalue weighted by atomic mass is 10.2. The van der Waals surface area contributed by atoms with Crippen molar-refractivity contribution < 1.29 is 0 Å². The largest absolute Gasteiger partial charge is 0.398 e. The first-order valence-electron chi connectivity index (χ1n) is 5.76. The molecule has 3 aromatic rings. The minimum Gasteiger partial charge on any atom is -0.398 e. The zero-order chi connectivity index (χ0) is 14.1. The predicted molar refractivity (Wildman–Crippen MR) is 84.4 cm³/mol. The third-order valence-electron chi connectivity index (χ3n) is 2.82. The molecule has 0 aliphatic heterocycles. The highest BCUT2D eigenvalue weighted by atomic mass is 79.9. The molecule has 0 fully saturated rings. The summed E-state index contributed by atoms with van der Waals surface area (Å²) in [6.07, 6.45) is 0. The number of nitrogens with two attached hydrogens (primary N) is 1. The molecule has 0 spiro atoms. The van der Waals surface area contributed by atoms with E-state index in [2.05, 4.69) is 47.4 Å². The third-order valence-corrected chi connectivity index (χ3v) is 4.38. The molecule has 1 aromatic heterocycles. The first kappa shape index (κ1) is 13.3. The van der Waals surface area contributed by atoms with Crippen molar-refractivity contribution in [3.63, 3.8) is 0 Å². The van der Waals surface area contributed by atoms with Crippen LogP contribution >= 0.6 is 31.9 Å². The highest BCUT2D eigenvalue weighted by molar-refractivity contribution is 9.11. The topological polar surface area (TPSA) is 69.6 Å². The Hall–Kier alpha value is -1.73. The Kier molecular flexibility index (Phi) is 3.54. The molecular weight excluding hydrogens is 386 g/mol. The van der Waals surface area contributed by atoms with Crippen LogP contribution in [-0.4, -0.2) is 20.2 Å². The Morgan fingerprint density at radius 1 is 1.00 bits per heavy atom. The quantitative estimate of drug-likeness (QED) is 0.676. The van der Waals surface area contributed by atoms with Crippen LogP contribution in [0.1, 0.15) is 0 Å². The van der Waals surface area contributed by atoms with Crippen LogP contribution in [0.2, 0.25) is 0 Å². The standard InChI is InChI=1S/C13H9Br2N5/c14-9-5-1-2-7-11(9)20-13(17-18-19-20)8-4-3-6-10(16)12(8)15/h1-7H,16H2. The van der Waals surface area contributed by atoms with Crippen molar-refractivity contribution in [1.29, 1.82) is 0 Å². The second-order valence-corrected chi connectivity index (χ2v) is 5.72. The molecule has 0 saturated carbocycles. The summed E-state index contributed by atoms with van der Waals surface area (Å²) in [6, 6.07) is 13.3. The van der Waals surface area contributed by atoms with Gasteiger partial charge < -0.3 is 5.73 Å². The van der Waals surface area contributed by atoms with Gasteiger partial charge >= 0.3 is 0 Å². The van der Waals surface area contributed by atoms with Gasteiger partial charge in [0.05, 0.1) is 10.2 Å². The minimum atomic E-state index is 0.621. The molecule has 0 aliphatic rings. The maximum atomic E-state index is 5.91. The first-order chi connectivity index (χ1) is 9.68. The third kappa shape index (κ3) is 2.23. The van der Waals surface area contributed by atoms with E-state index in [-0.39, 0.29) is 0 Å². The molecule has 7 heteroatoms. The molecule has 0 bridgehead atoms. The van der Waals surface area contributed by atoms with Crippen LogP contribution in [0.4, 0.5) is 5.69 Å². The van der Waals surface area contributed by atoms with Gasteiger partial charge in [-0.05, 0) is 66.6 Å². The maximum Gasteiger partial charge on any atom is 0.188 e. The van der Waals surface area contributed by atoms with Crippen LogP contribution in [-0.2, 0) is 0 Å². The number of tetrazole rings is 1. The summed E-state index contributed by atoms with van der Waals surface area (Å²) < 4.78 is 3.36. The summed E-state index contributed by atoms with van der Waals surface area (Å²) in [5, 5.41) is 11.9. The fraction of sp³-hybridized carbons (Fsp3) is 0. The van der Waals surface area contributed by atoms with Crippen molar-refractivity contribution in [3.05, 3.63) is 51.4 Å². The zero-order valence-corrected chi connectivity index (χ0v) is 13.3. The average molecular weight is 395 g/mol. The van der Waals surface area contributed by atoms with Crippen molar-refractivity contribution in [2.45, 2.75) is 0 Å². The van der Waals surface area contributed by atoms with E-state index < -0.39 is 0 Å². The summed E-state index contributed by atoms with van der Waals surface area (Å²) in [7, 11) is 0. The smallest absolute Gasteiger partial charge is 0.188 e. The van der Waals surface area contributed by atoms with Crippen LogP contribution in [0.5, 0.6) is 0 Å². The molecule has 5 nitrogen and oxygen atoms in total. The van der Waals surface area contributed by atoms with E-state index in [0.717, 1.165) is 20.2 Å². The molecule has 0 saturated heterocycles. The SMILES string of the molecule is Nc1cccc(-c2nnnn2-c2ccccc2Br)c1Br. The van der Waals surface area contributed by atoms with Crippen LogP contribution in [0, 0.1) is 0 Å². The number of hydrogen-bond acceptors (Lipinski definition) is 4. The summed E-state index contributed by atoms with van der Waals surface area (Å²) >= 11 is 6.99. The van der Waals surface area contributed by atoms with Crippen molar-refractivity contribution in [3.8, 4) is 17.1 Å². The molecule has 0 unspecified atom stereocenters. The van der Waals surface area contributed by atoms with E-state index in [0.29, 0.717) is 11.5 Å². The monoisotopic (exact) mass is 393 g/mol. The molecule has 0 atom stereocenters. The zero-order valence-electron chi connectivity index (χ0n) is 10.2. The Morgan fingerprint density at radius 3 is 2.60 bits per heavy atom. The van der Waals surface area contributed by atoms with Crippen LogP contribution in [0.15, 0.2) is 51.4 Å². The molecule has 0 amide bonds. The fourth-order valence-electron chi connectivity index (χ4n) is 1.86. The average Bonchev–Trinajstić information content (AvgIpc) is 2.91. The molecule has 1 heterocycles. The van der Waals surface area contributed by atoms with E-state index in [1.807, 2.05) is 42.5 Å². The number of aromatic nitrogens is 4. The summed E-state index contributed by atoms with van der Waals surface area (Å²) in [5.74, 6) is 0.621. The normalized spacial score (nSPS) is 10.7. The maximum absolute atomic E-state index is 5.91. The van der Waals surface area contributed by atoms with Crippen molar-refractivity contribution in [2.24, 2.45) is 0 Å². The lowest BCUT2D eigenvalue weighted by molar-refractivity contribution is 0.789. The molecular formula is C13H9Br2N5. The highest BCUT2D eigenvalue weighted by Gasteiger charge is 2.16. The number of nitrogen functional groups attached to an aromatic ring is 1. The fourth-order valence-corrected chi connectivity index (χ4v) is 2.76. The van der Waals surface area contributed by atoms with Gasteiger partial charge in [-0.3, -0.25) is 0 Å². The molecule has 2 N–H and O–H groups in total. The number of nitrogens with zero attached hydrogens (tertiary/aromatic N) is 4. The predicted octanol–water partition coefficient (Wildman–Crippen LogP) is 3.44. The number of para-hydroxylation sites is 1. The van der Waals surface area contributed by atoms with Gasteiger partial charge in [-0.25, -0.2) is 0 Å². The number of anilines is 1. The van der Waals surface area contributed by atoms with Gasteiger partial charge in [0, 0.05) is 15.7 Å². The van der Waals surface area contributed by atoms with Crippen LogP contribution < -0.4 is 5.73 Å². The van der Waals surface area contributed by atoms with Crippen LogP contribution in [0.3, 0.4) is 0 Å². The number of hydrogen-bond donors (Lipinski definition) is 1. The first-order valence-corrected chi connectivity index (χ1v) is 7.34. The lowest BCUT2D eigenvalue weighted by Crippen LogP contribution is -2.01. The Balaban J connectivity index is 2.21. The second-order valence-electron chi connectivity index (χ2n) is 4.07. The highest BCUT2D eigenvalue weighted by Crippen LogP contribution is 2.32. The van der Waals surface area contributed by atoms with E-state index in [1.54, 1.807) is 4.68 Å². The van der Waals surface area contributed by atoms with Crippen molar-refractivity contribution >= 4 is 37.5 Å². The molecule has 20 heavy (non-hydrogen) atoms. The van der Waals surface area contributed by atoms with Gasteiger partial charge in [0.1, 0.15) is 0 Å². The molecule has 3 rings (SSSR count). The van der Waals surface area contributed by atoms with Crippen molar-refractivity contribution in [2.75, 3.05) is 5.73 Å². The number of halogens is 2. The Labute approximate surface area is 132 Å².